The molecule has 0 aliphatic carbocycles. The Labute approximate surface area is 189 Å². The molecule has 166 valence electrons. The maximum atomic E-state index is 12.3. The highest BCUT2D eigenvalue weighted by molar-refractivity contribution is 7.22. The van der Waals surface area contributed by atoms with Gasteiger partial charge in [0.25, 0.3) is 0 Å². The molecule has 2 amide bonds. The Kier molecular flexibility index (Phi) is 6.04. The highest BCUT2D eigenvalue weighted by Gasteiger charge is 2.21. The number of aromatic nitrogens is 4. The van der Waals surface area contributed by atoms with Crippen LogP contribution in [0.1, 0.15) is 32.5 Å². The number of methoxy groups -OCH3 is 1. The molecule has 0 aliphatic heterocycles. The summed E-state index contributed by atoms with van der Waals surface area (Å²) < 4.78 is 11.5. The molecule has 4 rings (SSSR count). The molecule has 1 aromatic carbocycles. The fourth-order valence-corrected chi connectivity index (χ4v) is 3.84. The standard InChI is InChI=1S/C22H24N6O3S/c1-22(2,3)19-26-18(28-31-19)7-8-24-20(29)27-21-25-16-6-5-13(10-17(16)32-21)14-9-15(30-4)12-23-11-14/h5-6,9-12H,7-8H2,1-4H3,(H2,24,25,27,29). The van der Waals surface area contributed by atoms with Gasteiger partial charge < -0.3 is 14.6 Å². The molecule has 0 saturated heterocycles. The highest BCUT2D eigenvalue weighted by Crippen LogP contribution is 2.31. The second-order valence-electron chi connectivity index (χ2n) is 8.21. The minimum Gasteiger partial charge on any atom is -0.495 e. The van der Waals surface area contributed by atoms with E-state index >= 15 is 0 Å². The Morgan fingerprint density at radius 1 is 1.16 bits per heavy atom. The second-order valence-corrected chi connectivity index (χ2v) is 9.24. The summed E-state index contributed by atoms with van der Waals surface area (Å²) in [5.41, 5.74) is 2.55. The summed E-state index contributed by atoms with van der Waals surface area (Å²) in [7, 11) is 1.61. The third-order valence-electron chi connectivity index (χ3n) is 4.63. The predicted octanol–water partition coefficient (Wildman–Crippen LogP) is 4.41. The molecule has 0 aliphatic rings. The lowest BCUT2D eigenvalue weighted by atomic mass is 9.97. The van der Waals surface area contributed by atoms with Crippen LogP contribution in [0.2, 0.25) is 0 Å². The molecule has 0 spiro atoms. The molecule has 0 fully saturated rings. The van der Waals surface area contributed by atoms with Crippen LogP contribution in [-0.2, 0) is 11.8 Å². The van der Waals surface area contributed by atoms with Crippen LogP contribution in [0.25, 0.3) is 21.3 Å². The Bertz CT molecular complexity index is 1240. The number of thiazole rings is 1. The van der Waals surface area contributed by atoms with E-state index in [0.29, 0.717) is 35.6 Å². The monoisotopic (exact) mass is 452 g/mol. The van der Waals surface area contributed by atoms with Crippen LogP contribution >= 0.6 is 11.3 Å². The summed E-state index contributed by atoms with van der Waals surface area (Å²) in [4.78, 5) is 25.3. The van der Waals surface area contributed by atoms with E-state index in [1.165, 1.54) is 11.3 Å². The van der Waals surface area contributed by atoms with Gasteiger partial charge in [-0.15, -0.1) is 0 Å². The topological polar surface area (TPSA) is 115 Å². The zero-order chi connectivity index (χ0) is 22.7. The van der Waals surface area contributed by atoms with Gasteiger partial charge in [0.1, 0.15) is 5.75 Å². The van der Waals surface area contributed by atoms with Crippen LogP contribution in [0.5, 0.6) is 5.75 Å². The van der Waals surface area contributed by atoms with Gasteiger partial charge in [-0.2, -0.15) is 4.98 Å². The van der Waals surface area contributed by atoms with E-state index in [1.807, 2.05) is 45.0 Å². The van der Waals surface area contributed by atoms with Crippen LogP contribution in [0.3, 0.4) is 0 Å². The molecule has 3 aromatic heterocycles. The van der Waals surface area contributed by atoms with Crippen LogP contribution in [0.4, 0.5) is 9.93 Å². The van der Waals surface area contributed by atoms with Gasteiger partial charge in [-0.3, -0.25) is 10.3 Å². The van der Waals surface area contributed by atoms with E-state index in [4.69, 9.17) is 9.26 Å². The number of benzene rings is 1. The number of nitrogens with zero attached hydrogens (tertiary/aromatic N) is 4. The molecule has 3 heterocycles. The average molecular weight is 453 g/mol. The third-order valence-corrected chi connectivity index (χ3v) is 5.57. The molecule has 4 aromatic rings. The summed E-state index contributed by atoms with van der Waals surface area (Å²) in [6.45, 7) is 6.40. The highest BCUT2D eigenvalue weighted by atomic mass is 32.1. The average Bonchev–Trinajstić information content (AvgIpc) is 3.39. The Morgan fingerprint density at radius 3 is 2.75 bits per heavy atom. The SMILES string of the molecule is COc1cncc(-c2ccc3nc(NC(=O)NCCc4noc(C(C)(C)C)n4)sc3c2)c1. The van der Waals surface area contributed by atoms with Crippen molar-refractivity contribution >= 4 is 32.7 Å². The molecule has 0 radical (unpaired) electrons. The zero-order valence-electron chi connectivity index (χ0n) is 18.3. The molecule has 32 heavy (non-hydrogen) atoms. The molecule has 0 saturated carbocycles. The summed E-state index contributed by atoms with van der Waals surface area (Å²) >= 11 is 1.41. The summed E-state index contributed by atoms with van der Waals surface area (Å²) in [5.74, 6) is 1.84. The van der Waals surface area contributed by atoms with Gasteiger partial charge in [-0.05, 0) is 23.8 Å². The normalized spacial score (nSPS) is 11.5. The molecule has 0 bridgehead atoms. The third kappa shape index (κ3) is 5.02. The molecule has 0 unspecified atom stereocenters. The van der Waals surface area contributed by atoms with E-state index in [2.05, 4.69) is 30.7 Å². The number of anilines is 1. The van der Waals surface area contributed by atoms with Crippen LogP contribution in [0.15, 0.2) is 41.2 Å². The first-order valence-corrected chi connectivity index (χ1v) is 10.9. The maximum Gasteiger partial charge on any atom is 0.321 e. The van der Waals surface area contributed by atoms with Crippen LogP contribution < -0.4 is 15.4 Å². The van der Waals surface area contributed by atoms with Crippen molar-refractivity contribution in [3.05, 3.63) is 48.4 Å². The maximum absolute atomic E-state index is 12.3. The van der Waals surface area contributed by atoms with Crippen molar-refractivity contribution in [1.29, 1.82) is 0 Å². The number of ether oxygens (including phenoxy) is 1. The number of rotatable bonds is 6. The first-order valence-electron chi connectivity index (χ1n) is 10.1. The van der Waals surface area contributed by atoms with Gasteiger partial charge in [-0.1, -0.05) is 43.3 Å². The number of carbonyl (C=O) groups excluding carboxylic acids is 1. The van der Waals surface area contributed by atoms with Crippen molar-refractivity contribution < 1.29 is 14.1 Å². The van der Waals surface area contributed by atoms with Crippen molar-refractivity contribution in [1.82, 2.24) is 25.4 Å². The molecule has 2 N–H and O–H groups in total. The number of nitrogens with one attached hydrogen (secondary N) is 2. The number of fused-ring (bicyclic) bond motifs is 1. The number of carbonyl (C=O) groups is 1. The number of hydrogen-bond donors (Lipinski definition) is 2. The Balaban J connectivity index is 1.36. The van der Waals surface area contributed by atoms with Crippen molar-refractivity contribution in [3.63, 3.8) is 0 Å². The predicted molar refractivity (Wildman–Crippen MR) is 123 cm³/mol. The number of hydrogen-bond acceptors (Lipinski definition) is 8. The van der Waals surface area contributed by atoms with Gasteiger partial charge in [0, 0.05) is 30.1 Å². The first-order chi connectivity index (χ1) is 15.3. The Hall–Kier alpha value is -3.53. The number of pyridine rings is 1. The van der Waals surface area contributed by atoms with Gasteiger partial charge in [0.15, 0.2) is 11.0 Å². The van der Waals surface area contributed by atoms with Crippen molar-refractivity contribution in [2.24, 2.45) is 0 Å². The lowest BCUT2D eigenvalue weighted by Gasteiger charge is -2.10. The van der Waals surface area contributed by atoms with Crippen LogP contribution in [0, 0.1) is 0 Å². The van der Waals surface area contributed by atoms with Gasteiger partial charge in [-0.25, -0.2) is 9.78 Å². The number of amides is 2. The lowest BCUT2D eigenvalue weighted by molar-refractivity contribution is 0.252. The van der Waals surface area contributed by atoms with E-state index in [-0.39, 0.29) is 11.4 Å². The van der Waals surface area contributed by atoms with E-state index < -0.39 is 0 Å². The minimum atomic E-state index is -0.333. The van der Waals surface area contributed by atoms with E-state index in [1.54, 1.807) is 19.5 Å². The van der Waals surface area contributed by atoms with Crippen LogP contribution in [-0.4, -0.2) is 39.8 Å². The number of urea groups is 1. The first kappa shape index (κ1) is 21.7. The molecule has 10 heteroatoms. The summed E-state index contributed by atoms with van der Waals surface area (Å²) in [6.07, 6.45) is 3.92. The summed E-state index contributed by atoms with van der Waals surface area (Å²) in [6, 6.07) is 7.51. The quantitative estimate of drug-likeness (QED) is 0.445. The second kappa shape index (κ2) is 8.91. The molecule has 9 nitrogen and oxygen atoms in total. The van der Waals surface area contributed by atoms with Gasteiger partial charge in [0.2, 0.25) is 5.89 Å². The van der Waals surface area contributed by atoms with E-state index in [9.17, 15) is 4.79 Å². The molecular formula is C22H24N6O3S. The fraction of sp³-hybridized carbons (Fsp3) is 0.318. The lowest BCUT2D eigenvalue weighted by Crippen LogP contribution is -2.30. The van der Waals surface area contributed by atoms with Crippen molar-refractivity contribution in [2.75, 3.05) is 19.0 Å². The van der Waals surface area contributed by atoms with E-state index in [0.717, 1.165) is 21.3 Å². The van der Waals surface area contributed by atoms with Gasteiger partial charge in [0.05, 0.1) is 23.5 Å². The summed E-state index contributed by atoms with van der Waals surface area (Å²) in [5, 5.41) is 10.1. The van der Waals surface area contributed by atoms with Gasteiger partial charge >= 0.3 is 6.03 Å². The zero-order valence-corrected chi connectivity index (χ0v) is 19.1. The smallest absolute Gasteiger partial charge is 0.321 e. The minimum absolute atomic E-state index is 0.203. The fourth-order valence-electron chi connectivity index (χ4n) is 2.94. The molecule has 0 atom stereocenters. The Morgan fingerprint density at radius 2 is 2.00 bits per heavy atom. The molecular weight excluding hydrogens is 428 g/mol. The largest absolute Gasteiger partial charge is 0.495 e. The van der Waals surface area contributed by atoms with Crippen molar-refractivity contribution in [3.8, 4) is 16.9 Å². The van der Waals surface area contributed by atoms with Crippen molar-refractivity contribution in [2.45, 2.75) is 32.6 Å².